The summed E-state index contributed by atoms with van der Waals surface area (Å²) in [6, 6.07) is 12.8. The number of rotatable bonds is 5. The Bertz CT molecular complexity index is 599. The van der Waals surface area contributed by atoms with E-state index in [9.17, 15) is 14.5 Å². The Morgan fingerprint density at radius 1 is 1.25 bits per heavy atom. The molecule has 0 aliphatic heterocycles. The van der Waals surface area contributed by atoms with E-state index in [-0.39, 0.29) is 17.5 Å². The highest BCUT2D eigenvalue weighted by molar-refractivity contribution is 5.34. The summed E-state index contributed by atoms with van der Waals surface area (Å²) in [6.45, 7) is 2.48. The van der Waals surface area contributed by atoms with E-state index in [1.54, 1.807) is 24.3 Å². The van der Waals surface area contributed by atoms with Crippen molar-refractivity contribution in [3.05, 3.63) is 75.6 Å². The first kappa shape index (κ1) is 14.1. The van der Waals surface area contributed by atoms with E-state index in [4.69, 9.17) is 0 Å². The number of hydrogen-bond acceptors (Lipinski definition) is 3. The van der Waals surface area contributed by atoms with Crippen LogP contribution in [0.3, 0.4) is 0 Å². The summed E-state index contributed by atoms with van der Waals surface area (Å²) in [6.07, 6.45) is 0. The zero-order valence-corrected chi connectivity index (χ0v) is 11.0. The van der Waals surface area contributed by atoms with E-state index in [0.717, 1.165) is 11.1 Å². The SMILES string of the molecule is CC(NCc1cccc([N+](=O)[O-])c1)c1ccc(F)cc1. The molecule has 2 rings (SSSR count). The van der Waals surface area contributed by atoms with Crippen LogP contribution in [0.25, 0.3) is 0 Å². The van der Waals surface area contributed by atoms with Crippen LogP contribution >= 0.6 is 0 Å². The third-order valence-electron chi connectivity index (χ3n) is 3.10. The molecule has 0 saturated carbocycles. The van der Waals surface area contributed by atoms with Crippen LogP contribution in [0.5, 0.6) is 0 Å². The van der Waals surface area contributed by atoms with E-state index in [2.05, 4.69) is 5.32 Å². The molecule has 5 heteroatoms. The zero-order chi connectivity index (χ0) is 14.5. The molecule has 0 radical (unpaired) electrons. The Hall–Kier alpha value is -2.27. The first-order chi connectivity index (χ1) is 9.56. The minimum absolute atomic E-state index is 0.0369. The number of nitrogens with one attached hydrogen (secondary N) is 1. The molecular formula is C15H15FN2O2. The molecule has 0 spiro atoms. The van der Waals surface area contributed by atoms with Gasteiger partial charge in [0.25, 0.3) is 5.69 Å². The largest absolute Gasteiger partial charge is 0.306 e. The second-order valence-electron chi connectivity index (χ2n) is 4.58. The van der Waals surface area contributed by atoms with E-state index in [0.29, 0.717) is 6.54 Å². The maximum absolute atomic E-state index is 12.8. The molecule has 0 heterocycles. The quantitative estimate of drug-likeness (QED) is 0.669. The summed E-state index contributed by atoms with van der Waals surface area (Å²) in [7, 11) is 0. The first-order valence-electron chi connectivity index (χ1n) is 6.28. The number of non-ortho nitro benzene ring substituents is 1. The fourth-order valence-corrected chi connectivity index (χ4v) is 1.92. The Labute approximate surface area is 116 Å². The van der Waals surface area contributed by atoms with Crippen LogP contribution in [0.15, 0.2) is 48.5 Å². The molecule has 0 aliphatic rings. The zero-order valence-electron chi connectivity index (χ0n) is 11.0. The molecule has 4 nitrogen and oxygen atoms in total. The molecule has 2 aromatic carbocycles. The summed E-state index contributed by atoms with van der Waals surface area (Å²) in [5, 5.41) is 14.0. The molecule has 0 aliphatic carbocycles. The maximum atomic E-state index is 12.8. The second-order valence-corrected chi connectivity index (χ2v) is 4.58. The van der Waals surface area contributed by atoms with Crippen LogP contribution < -0.4 is 5.32 Å². The average Bonchev–Trinajstić information content (AvgIpc) is 2.46. The van der Waals surface area contributed by atoms with Gasteiger partial charge in [0.2, 0.25) is 0 Å². The van der Waals surface area contributed by atoms with Gasteiger partial charge in [-0.15, -0.1) is 0 Å². The smallest absolute Gasteiger partial charge is 0.269 e. The molecule has 1 atom stereocenters. The summed E-state index contributed by atoms with van der Waals surface area (Å²) in [4.78, 5) is 10.3. The summed E-state index contributed by atoms with van der Waals surface area (Å²) < 4.78 is 12.8. The van der Waals surface area contributed by atoms with Gasteiger partial charge in [-0.05, 0) is 30.2 Å². The standard InChI is InChI=1S/C15H15FN2O2/c1-11(13-5-7-14(16)8-6-13)17-10-12-3-2-4-15(9-12)18(19)20/h2-9,11,17H,10H2,1H3. The maximum Gasteiger partial charge on any atom is 0.269 e. The van der Waals surface area contributed by atoms with Gasteiger partial charge in [0, 0.05) is 24.7 Å². The van der Waals surface area contributed by atoms with E-state index < -0.39 is 4.92 Å². The van der Waals surface area contributed by atoms with Crippen LogP contribution in [0.2, 0.25) is 0 Å². The van der Waals surface area contributed by atoms with Gasteiger partial charge in [0.15, 0.2) is 0 Å². The summed E-state index contributed by atoms with van der Waals surface area (Å²) in [5.41, 5.74) is 1.89. The molecule has 1 N–H and O–H groups in total. The summed E-state index contributed by atoms with van der Waals surface area (Å²) >= 11 is 0. The first-order valence-corrected chi connectivity index (χ1v) is 6.28. The second kappa shape index (κ2) is 6.25. The van der Waals surface area contributed by atoms with Crippen LogP contribution in [0.4, 0.5) is 10.1 Å². The molecule has 2 aromatic rings. The monoisotopic (exact) mass is 274 g/mol. The van der Waals surface area contributed by atoms with Gasteiger partial charge < -0.3 is 5.32 Å². The molecule has 0 saturated heterocycles. The molecule has 20 heavy (non-hydrogen) atoms. The van der Waals surface area contributed by atoms with Crippen molar-refractivity contribution < 1.29 is 9.31 Å². The Morgan fingerprint density at radius 3 is 2.60 bits per heavy atom. The predicted octanol–water partition coefficient (Wildman–Crippen LogP) is 3.58. The fourth-order valence-electron chi connectivity index (χ4n) is 1.92. The van der Waals surface area contributed by atoms with Crippen molar-refractivity contribution >= 4 is 5.69 Å². The highest BCUT2D eigenvalue weighted by Gasteiger charge is 2.08. The molecule has 0 aromatic heterocycles. The number of nitro benzene ring substituents is 1. The van der Waals surface area contributed by atoms with Gasteiger partial charge in [-0.25, -0.2) is 4.39 Å². The van der Waals surface area contributed by atoms with Crippen molar-refractivity contribution in [2.24, 2.45) is 0 Å². The van der Waals surface area contributed by atoms with Gasteiger partial charge in [-0.2, -0.15) is 0 Å². The van der Waals surface area contributed by atoms with E-state index in [1.807, 2.05) is 13.0 Å². The minimum atomic E-state index is -0.410. The fraction of sp³-hybridized carbons (Fsp3) is 0.200. The Morgan fingerprint density at radius 2 is 1.95 bits per heavy atom. The third-order valence-corrected chi connectivity index (χ3v) is 3.10. The van der Waals surface area contributed by atoms with Gasteiger partial charge in [-0.1, -0.05) is 24.3 Å². The van der Waals surface area contributed by atoms with Crippen molar-refractivity contribution in [1.82, 2.24) is 5.32 Å². The van der Waals surface area contributed by atoms with E-state index >= 15 is 0 Å². The Kier molecular flexibility index (Phi) is 4.42. The van der Waals surface area contributed by atoms with Crippen LogP contribution in [-0.4, -0.2) is 4.92 Å². The lowest BCUT2D eigenvalue weighted by Gasteiger charge is -2.14. The molecule has 104 valence electrons. The number of hydrogen-bond donors (Lipinski definition) is 1. The van der Waals surface area contributed by atoms with Crippen LogP contribution in [0, 0.1) is 15.9 Å². The topological polar surface area (TPSA) is 55.2 Å². The molecular weight excluding hydrogens is 259 g/mol. The normalized spacial score (nSPS) is 12.1. The number of benzene rings is 2. The van der Waals surface area contributed by atoms with Crippen LogP contribution in [-0.2, 0) is 6.54 Å². The molecule has 0 bridgehead atoms. The lowest BCUT2D eigenvalue weighted by atomic mass is 10.1. The van der Waals surface area contributed by atoms with Crippen molar-refractivity contribution in [2.75, 3.05) is 0 Å². The molecule has 0 amide bonds. The number of halogens is 1. The predicted molar refractivity (Wildman–Crippen MR) is 74.8 cm³/mol. The third kappa shape index (κ3) is 3.61. The van der Waals surface area contributed by atoms with Crippen molar-refractivity contribution in [3.63, 3.8) is 0 Å². The Balaban J connectivity index is 1.99. The van der Waals surface area contributed by atoms with Crippen LogP contribution in [0.1, 0.15) is 24.1 Å². The van der Waals surface area contributed by atoms with Crippen molar-refractivity contribution in [1.29, 1.82) is 0 Å². The number of nitro groups is 1. The molecule has 1 unspecified atom stereocenters. The lowest BCUT2D eigenvalue weighted by Crippen LogP contribution is -2.18. The van der Waals surface area contributed by atoms with Gasteiger partial charge in [0.1, 0.15) is 5.82 Å². The van der Waals surface area contributed by atoms with Gasteiger partial charge in [-0.3, -0.25) is 10.1 Å². The molecule has 0 fully saturated rings. The lowest BCUT2D eigenvalue weighted by molar-refractivity contribution is -0.384. The van der Waals surface area contributed by atoms with E-state index in [1.165, 1.54) is 18.2 Å². The van der Waals surface area contributed by atoms with Gasteiger partial charge >= 0.3 is 0 Å². The highest BCUT2D eigenvalue weighted by Crippen LogP contribution is 2.16. The van der Waals surface area contributed by atoms with Crippen molar-refractivity contribution in [2.45, 2.75) is 19.5 Å². The average molecular weight is 274 g/mol. The highest BCUT2D eigenvalue weighted by atomic mass is 19.1. The minimum Gasteiger partial charge on any atom is -0.306 e. The number of nitrogens with zero attached hydrogens (tertiary/aromatic N) is 1. The van der Waals surface area contributed by atoms with Gasteiger partial charge in [0.05, 0.1) is 4.92 Å². The van der Waals surface area contributed by atoms with Crippen molar-refractivity contribution in [3.8, 4) is 0 Å². The summed E-state index contributed by atoms with van der Waals surface area (Å²) in [5.74, 6) is -0.264.